The number of ether oxygens (including phenoxy) is 1. The summed E-state index contributed by atoms with van der Waals surface area (Å²) < 4.78 is 4.70. The van der Waals surface area contributed by atoms with Crippen LogP contribution in [0.15, 0.2) is 24.3 Å². The van der Waals surface area contributed by atoms with Gasteiger partial charge in [0.1, 0.15) is 0 Å². The van der Waals surface area contributed by atoms with Gasteiger partial charge in [-0.05, 0) is 24.6 Å². The molecule has 2 amide bonds. The summed E-state index contributed by atoms with van der Waals surface area (Å²) in [6.45, 7) is 3.50. The molecule has 2 unspecified atom stereocenters. The van der Waals surface area contributed by atoms with Gasteiger partial charge in [0, 0.05) is 17.3 Å². The number of carbonyl (C=O) groups is 2. The van der Waals surface area contributed by atoms with Crippen molar-refractivity contribution in [3.05, 3.63) is 29.3 Å². The highest BCUT2D eigenvalue weighted by Crippen LogP contribution is 2.17. The van der Waals surface area contributed by atoms with Crippen molar-refractivity contribution in [3.63, 3.8) is 0 Å². The minimum Gasteiger partial charge on any atom is -0.469 e. The zero-order valence-electron chi connectivity index (χ0n) is 13.6. The van der Waals surface area contributed by atoms with Crippen LogP contribution in [-0.4, -0.2) is 48.3 Å². The maximum Gasteiger partial charge on any atom is 0.322 e. The number of esters is 1. The normalized spacial score (nSPS) is 13.1. The van der Waals surface area contributed by atoms with E-state index in [1.165, 1.54) is 12.0 Å². The van der Waals surface area contributed by atoms with E-state index in [0.29, 0.717) is 17.1 Å². The van der Waals surface area contributed by atoms with E-state index < -0.39 is 17.9 Å². The highest BCUT2D eigenvalue weighted by atomic mass is 35.5. The Kier molecular flexibility index (Phi) is 7.85. The number of nitrogens with one attached hydrogen (secondary N) is 1. The van der Waals surface area contributed by atoms with Crippen LogP contribution in [0.4, 0.5) is 10.5 Å². The molecular formula is C16H23ClN2O4. The van der Waals surface area contributed by atoms with Gasteiger partial charge in [-0.1, -0.05) is 31.5 Å². The number of methoxy groups -OCH3 is 1. The van der Waals surface area contributed by atoms with Crippen LogP contribution in [0, 0.1) is 5.92 Å². The van der Waals surface area contributed by atoms with Crippen LogP contribution in [0.25, 0.3) is 0 Å². The lowest BCUT2D eigenvalue weighted by atomic mass is 10.1. The highest BCUT2D eigenvalue weighted by Gasteiger charge is 2.26. The number of amides is 2. The summed E-state index contributed by atoms with van der Waals surface area (Å²) in [7, 11) is 1.30. The Bertz CT molecular complexity index is 535. The number of urea groups is 1. The zero-order chi connectivity index (χ0) is 17.4. The third-order valence-electron chi connectivity index (χ3n) is 3.53. The monoisotopic (exact) mass is 342 g/mol. The van der Waals surface area contributed by atoms with E-state index in [4.69, 9.17) is 16.3 Å². The number of hydrogen-bond donors (Lipinski definition) is 2. The Morgan fingerprint density at radius 3 is 2.65 bits per heavy atom. The number of halogens is 1. The van der Waals surface area contributed by atoms with E-state index in [1.54, 1.807) is 31.2 Å². The van der Waals surface area contributed by atoms with E-state index >= 15 is 0 Å². The summed E-state index contributed by atoms with van der Waals surface area (Å²) in [5.41, 5.74) is 0.547. The quantitative estimate of drug-likeness (QED) is 0.747. The topological polar surface area (TPSA) is 78.9 Å². The number of anilines is 1. The predicted octanol–water partition coefficient (Wildman–Crippen LogP) is 2.75. The Morgan fingerprint density at radius 2 is 2.13 bits per heavy atom. The Morgan fingerprint density at radius 1 is 1.43 bits per heavy atom. The summed E-state index contributed by atoms with van der Waals surface area (Å²) >= 11 is 5.90. The third-order valence-corrected chi connectivity index (χ3v) is 3.77. The van der Waals surface area contributed by atoms with Gasteiger partial charge in [0.2, 0.25) is 0 Å². The van der Waals surface area contributed by atoms with Crippen molar-refractivity contribution < 1.29 is 19.4 Å². The summed E-state index contributed by atoms with van der Waals surface area (Å²) in [4.78, 5) is 25.6. The van der Waals surface area contributed by atoms with Gasteiger partial charge in [-0.3, -0.25) is 4.79 Å². The van der Waals surface area contributed by atoms with Crippen LogP contribution in [0.3, 0.4) is 0 Å². The Balaban J connectivity index is 2.89. The molecular weight excluding hydrogens is 320 g/mol. The Hall–Kier alpha value is -1.79. The molecule has 6 nitrogen and oxygen atoms in total. The largest absolute Gasteiger partial charge is 0.469 e. The molecule has 0 aliphatic carbocycles. The minimum absolute atomic E-state index is 0.151. The first-order chi connectivity index (χ1) is 10.9. The minimum atomic E-state index is -0.495. The molecule has 0 spiro atoms. The number of carbonyl (C=O) groups excluding carboxylic acids is 2. The summed E-state index contributed by atoms with van der Waals surface area (Å²) in [5, 5.41) is 12.7. The average Bonchev–Trinajstić information content (AvgIpc) is 2.53. The predicted molar refractivity (Wildman–Crippen MR) is 89.5 cm³/mol. The molecule has 1 rings (SSSR count). The zero-order valence-corrected chi connectivity index (χ0v) is 14.3. The van der Waals surface area contributed by atoms with Crippen LogP contribution >= 0.6 is 11.6 Å². The molecule has 1 aromatic carbocycles. The van der Waals surface area contributed by atoms with Crippen molar-refractivity contribution in [1.82, 2.24) is 4.90 Å². The second-order valence-electron chi connectivity index (χ2n) is 5.26. The van der Waals surface area contributed by atoms with Crippen molar-refractivity contribution in [2.45, 2.75) is 26.3 Å². The van der Waals surface area contributed by atoms with E-state index in [0.717, 1.165) is 0 Å². The average molecular weight is 343 g/mol. The van der Waals surface area contributed by atoms with Crippen LogP contribution in [-0.2, 0) is 9.53 Å². The van der Waals surface area contributed by atoms with Crippen LogP contribution in [0.1, 0.15) is 20.3 Å². The fraction of sp³-hybridized carbons (Fsp3) is 0.500. The maximum absolute atomic E-state index is 12.5. The summed E-state index contributed by atoms with van der Waals surface area (Å²) in [6, 6.07) is 5.98. The van der Waals surface area contributed by atoms with Gasteiger partial charge in [-0.25, -0.2) is 4.79 Å². The van der Waals surface area contributed by atoms with Gasteiger partial charge in [0.05, 0.1) is 25.7 Å². The SMILES string of the molecule is CCC(CO)N(CC(C)C(=O)OC)C(=O)Nc1cccc(Cl)c1. The van der Waals surface area contributed by atoms with Gasteiger partial charge in [-0.2, -0.15) is 0 Å². The lowest BCUT2D eigenvalue weighted by molar-refractivity contribution is -0.145. The molecule has 2 atom stereocenters. The van der Waals surface area contributed by atoms with E-state index in [1.807, 2.05) is 6.92 Å². The molecule has 0 bridgehead atoms. The highest BCUT2D eigenvalue weighted by molar-refractivity contribution is 6.30. The van der Waals surface area contributed by atoms with Gasteiger partial charge in [0.15, 0.2) is 0 Å². The van der Waals surface area contributed by atoms with Crippen LogP contribution in [0.2, 0.25) is 5.02 Å². The molecule has 0 radical (unpaired) electrons. The number of benzene rings is 1. The fourth-order valence-corrected chi connectivity index (χ4v) is 2.37. The number of rotatable bonds is 7. The van der Waals surface area contributed by atoms with E-state index in [9.17, 15) is 14.7 Å². The van der Waals surface area contributed by atoms with Crippen molar-refractivity contribution in [1.29, 1.82) is 0 Å². The standard InChI is InChI=1S/C16H23ClN2O4/c1-4-14(10-20)19(9-11(2)15(21)23-3)16(22)18-13-7-5-6-12(17)8-13/h5-8,11,14,20H,4,9-10H2,1-3H3,(H,18,22). The van der Waals surface area contributed by atoms with Crippen LogP contribution in [0.5, 0.6) is 0 Å². The van der Waals surface area contributed by atoms with Gasteiger partial charge >= 0.3 is 12.0 Å². The number of aliphatic hydroxyl groups excluding tert-OH is 1. The number of nitrogens with zero attached hydrogens (tertiary/aromatic N) is 1. The molecule has 0 fully saturated rings. The molecule has 0 heterocycles. The van der Waals surface area contributed by atoms with Gasteiger partial charge in [-0.15, -0.1) is 0 Å². The summed E-state index contributed by atoms with van der Waals surface area (Å²) in [5.74, 6) is -0.899. The molecule has 0 aromatic heterocycles. The maximum atomic E-state index is 12.5. The van der Waals surface area contributed by atoms with Crippen LogP contribution < -0.4 is 5.32 Å². The molecule has 7 heteroatoms. The molecule has 128 valence electrons. The molecule has 2 N–H and O–H groups in total. The molecule has 0 aliphatic rings. The second kappa shape index (κ2) is 9.37. The first-order valence-corrected chi connectivity index (χ1v) is 7.82. The number of hydrogen-bond acceptors (Lipinski definition) is 4. The lowest BCUT2D eigenvalue weighted by Crippen LogP contribution is -2.47. The van der Waals surface area contributed by atoms with Crippen molar-refractivity contribution >= 4 is 29.3 Å². The second-order valence-corrected chi connectivity index (χ2v) is 5.70. The first-order valence-electron chi connectivity index (χ1n) is 7.44. The van der Waals surface area contributed by atoms with E-state index in [-0.39, 0.29) is 19.2 Å². The third kappa shape index (κ3) is 5.73. The van der Waals surface area contributed by atoms with Crippen molar-refractivity contribution in [2.75, 3.05) is 25.6 Å². The molecule has 0 saturated heterocycles. The van der Waals surface area contributed by atoms with E-state index in [2.05, 4.69) is 5.32 Å². The Labute approximate surface area is 141 Å². The fourth-order valence-electron chi connectivity index (χ4n) is 2.18. The van der Waals surface area contributed by atoms with Gasteiger partial charge < -0.3 is 20.1 Å². The first kappa shape index (κ1) is 19.3. The van der Waals surface area contributed by atoms with Crippen molar-refractivity contribution in [2.24, 2.45) is 5.92 Å². The molecule has 0 aliphatic heterocycles. The smallest absolute Gasteiger partial charge is 0.322 e. The van der Waals surface area contributed by atoms with Crippen molar-refractivity contribution in [3.8, 4) is 0 Å². The molecule has 23 heavy (non-hydrogen) atoms. The summed E-state index contributed by atoms with van der Waals surface area (Å²) in [6.07, 6.45) is 0.563. The number of aliphatic hydroxyl groups is 1. The van der Waals surface area contributed by atoms with Gasteiger partial charge in [0.25, 0.3) is 0 Å². The lowest BCUT2D eigenvalue weighted by Gasteiger charge is -2.31. The molecule has 0 saturated carbocycles. The molecule has 1 aromatic rings.